The molecule has 0 unspecified atom stereocenters. The highest BCUT2D eigenvalue weighted by Crippen LogP contribution is 2.38. The van der Waals surface area contributed by atoms with Crippen LogP contribution in [0.3, 0.4) is 0 Å². The molecule has 1 aliphatic carbocycles. The third-order valence-electron chi connectivity index (χ3n) is 4.19. The van der Waals surface area contributed by atoms with Crippen LogP contribution in [0.2, 0.25) is 0 Å². The number of carbonyl (C=O) groups is 2. The molecular formula is C17H23NO5S. The lowest BCUT2D eigenvalue weighted by Crippen LogP contribution is -2.31. The lowest BCUT2D eigenvalue weighted by molar-refractivity contribution is -0.140. The summed E-state index contributed by atoms with van der Waals surface area (Å²) in [6, 6.07) is 6.76. The van der Waals surface area contributed by atoms with Crippen LogP contribution in [-0.2, 0) is 24.8 Å². The standard InChI is InChI=1S/C17H23NO5S/c1-17(2,3)11-4-6-12(7-5-11)24(22,23)9-8-18-15(19)13-10-14(13)16(20)21/h4-7,13-14H,8-10H2,1-3H3,(H,18,19)(H,20,21)/t13-,14+/m0/s1. The molecule has 7 heteroatoms. The van der Waals surface area contributed by atoms with Crippen LogP contribution in [0.15, 0.2) is 29.2 Å². The average Bonchev–Trinajstić information content (AvgIpc) is 3.27. The van der Waals surface area contributed by atoms with Crippen molar-refractivity contribution < 1.29 is 23.1 Å². The van der Waals surface area contributed by atoms with E-state index >= 15 is 0 Å². The maximum Gasteiger partial charge on any atom is 0.307 e. The van der Waals surface area contributed by atoms with Gasteiger partial charge in [0.2, 0.25) is 5.91 Å². The summed E-state index contributed by atoms with van der Waals surface area (Å²) in [5.41, 5.74) is 0.990. The molecule has 0 aliphatic heterocycles. The number of carboxylic acid groups (broad SMARTS) is 1. The number of hydrogen-bond donors (Lipinski definition) is 2. The largest absolute Gasteiger partial charge is 0.481 e. The number of aliphatic carboxylic acids is 1. The minimum absolute atomic E-state index is 0.0228. The first-order chi connectivity index (χ1) is 11.0. The first-order valence-electron chi connectivity index (χ1n) is 7.86. The molecule has 1 fully saturated rings. The Morgan fingerprint density at radius 1 is 1.17 bits per heavy atom. The summed E-state index contributed by atoms with van der Waals surface area (Å²) >= 11 is 0. The zero-order valence-corrected chi connectivity index (χ0v) is 14.9. The minimum atomic E-state index is -3.48. The van der Waals surface area contributed by atoms with Crippen LogP contribution in [0.4, 0.5) is 0 Å². The molecular weight excluding hydrogens is 330 g/mol. The fraction of sp³-hybridized carbons (Fsp3) is 0.529. The summed E-state index contributed by atoms with van der Waals surface area (Å²) in [5.74, 6) is -2.75. The van der Waals surface area contributed by atoms with Crippen molar-refractivity contribution in [3.63, 3.8) is 0 Å². The van der Waals surface area contributed by atoms with E-state index in [1.807, 2.05) is 20.8 Å². The number of carboxylic acids is 1. The highest BCUT2D eigenvalue weighted by atomic mass is 32.2. The van der Waals surface area contributed by atoms with E-state index in [4.69, 9.17) is 5.11 Å². The summed E-state index contributed by atoms with van der Waals surface area (Å²) in [5, 5.41) is 11.3. The summed E-state index contributed by atoms with van der Waals surface area (Å²) < 4.78 is 24.6. The van der Waals surface area contributed by atoms with Gasteiger partial charge >= 0.3 is 5.97 Å². The van der Waals surface area contributed by atoms with Gasteiger partial charge in [0, 0.05) is 6.54 Å². The lowest BCUT2D eigenvalue weighted by atomic mass is 9.87. The van der Waals surface area contributed by atoms with Gasteiger partial charge in [0.05, 0.1) is 22.5 Å². The Balaban J connectivity index is 1.90. The van der Waals surface area contributed by atoms with Crippen LogP contribution in [0.5, 0.6) is 0 Å². The van der Waals surface area contributed by atoms with Crippen molar-refractivity contribution in [1.29, 1.82) is 0 Å². The third-order valence-corrected chi connectivity index (χ3v) is 5.93. The van der Waals surface area contributed by atoms with Gasteiger partial charge in [-0.25, -0.2) is 8.42 Å². The second-order valence-electron chi connectivity index (χ2n) is 7.17. The molecule has 2 N–H and O–H groups in total. The van der Waals surface area contributed by atoms with E-state index in [0.29, 0.717) is 6.42 Å². The van der Waals surface area contributed by atoms with Gasteiger partial charge < -0.3 is 10.4 Å². The Hall–Kier alpha value is -1.89. The van der Waals surface area contributed by atoms with Crippen LogP contribution in [-0.4, -0.2) is 37.7 Å². The molecule has 0 bridgehead atoms. The quantitative estimate of drug-likeness (QED) is 0.809. The Morgan fingerprint density at radius 2 is 1.75 bits per heavy atom. The minimum Gasteiger partial charge on any atom is -0.481 e. The van der Waals surface area contributed by atoms with E-state index in [1.54, 1.807) is 24.3 Å². The highest BCUT2D eigenvalue weighted by molar-refractivity contribution is 7.91. The number of amides is 1. The second kappa shape index (κ2) is 6.55. The molecule has 132 valence electrons. The molecule has 1 amide bonds. The van der Waals surface area contributed by atoms with E-state index in [-0.39, 0.29) is 28.5 Å². The van der Waals surface area contributed by atoms with Gasteiger partial charge in [0.15, 0.2) is 9.84 Å². The number of rotatable bonds is 6. The Morgan fingerprint density at radius 3 is 2.21 bits per heavy atom. The summed E-state index contributed by atoms with van der Waals surface area (Å²) in [7, 11) is -3.48. The fourth-order valence-corrected chi connectivity index (χ4v) is 3.63. The summed E-state index contributed by atoms with van der Waals surface area (Å²) in [4.78, 5) is 22.7. The van der Waals surface area contributed by atoms with Gasteiger partial charge in [-0.15, -0.1) is 0 Å². The molecule has 0 spiro atoms. The van der Waals surface area contributed by atoms with Crippen molar-refractivity contribution in [3.05, 3.63) is 29.8 Å². The molecule has 1 saturated carbocycles. The Kier molecular flexibility index (Phi) is 5.03. The maximum atomic E-state index is 12.3. The van der Waals surface area contributed by atoms with E-state index in [9.17, 15) is 18.0 Å². The number of sulfone groups is 1. The molecule has 1 aliphatic rings. The molecule has 2 rings (SSSR count). The highest BCUT2D eigenvalue weighted by Gasteiger charge is 2.48. The van der Waals surface area contributed by atoms with Crippen molar-refractivity contribution in [2.75, 3.05) is 12.3 Å². The first kappa shape index (κ1) is 18.4. The monoisotopic (exact) mass is 353 g/mol. The van der Waals surface area contributed by atoms with Crippen molar-refractivity contribution in [1.82, 2.24) is 5.32 Å². The summed E-state index contributed by atoms with van der Waals surface area (Å²) in [6.07, 6.45) is 0.322. The van der Waals surface area contributed by atoms with E-state index in [1.165, 1.54) is 0 Å². The van der Waals surface area contributed by atoms with Gasteiger partial charge in [0.25, 0.3) is 0 Å². The molecule has 0 heterocycles. The molecule has 0 radical (unpaired) electrons. The average molecular weight is 353 g/mol. The van der Waals surface area contributed by atoms with Gasteiger partial charge in [0.1, 0.15) is 0 Å². The number of carbonyl (C=O) groups excluding carboxylic acids is 1. The Labute approximate surface area is 142 Å². The zero-order chi connectivity index (χ0) is 18.1. The molecule has 24 heavy (non-hydrogen) atoms. The van der Waals surface area contributed by atoms with Crippen molar-refractivity contribution in [3.8, 4) is 0 Å². The van der Waals surface area contributed by atoms with E-state index < -0.39 is 27.6 Å². The number of hydrogen-bond acceptors (Lipinski definition) is 4. The van der Waals surface area contributed by atoms with Crippen LogP contribution >= 0.6 is 0 Å². The van der Waals surface area contributed by atoms with Crippen molar-refractivity contribution in [2.24, 2.45) is 11.8 Å². The maximum absolute atomic E-state index is 12.3. The van der Waals surface area contributed by atoms with Crippen LogP contribution in [0.25, 0.3) is 0 Å². The molecule has 0 saturated heterocycles. The fourth-order valence-electron chi connectivity index (χ4n) is 2.48. The van der Waals surface area contributed by atoms with Gasteiger partial charge in [-0.3, -0.25) is 9.59 Å². The predicted octanol–water partition coefficient (Wildman–Crippen LogP) is 1.59. The van der Waals surface area contributed by atoms with E-state index in [2.05, 4.69) is 5.32 Å². The molecule has 2 atom stereocenters. The molecule has 0 aromatic heterocycles. The topological polar surface area (TPSA) is 101 Å². The van der Waals surface area contributed by atoms with Crippen LogP contribution in [0.1, 0.15) is 32.8 Å². The molecule has 1 aromatic carbocycles. The second-order valence-corrected chi connectivity index (χ2v) is 9.28. The van der Waals surface area contributed by atoms with Crippen molar-refractivity contribution >= 4 is 21.7 Å². The summed E-state index contributed by atoms with van der Waals surface area (Å²) in [6.45, 7) is 6.13. The van der Waals surface area contributed by atoms with E-state index in [0.717, 1.165) is 5.56 Å². The smallest absolute Gasteiger partial charge is 0.307 e. The zero-order valence-electron chi connectivity index (χ0n) is 14.1. The van der Waals surface area contributed by atoms with Gasteiger partial charge in [-0.05, 0) is 29.5 Å². The van der Waals surface area contributed by atoms with Crippen LogP contribution < -0.4 is 5.32 Å². The predicted molar refractivity (Wildman–Crippen MR) is 89.4 cm³/mol. The molecule has 6 nitrogen and oxygen atoms in total. The van der Waals surface area contributed by atoms with Gasteiger partial charge in [-0.1, -0.05) is 32.9 Å². The number of benzene rings is 1. The SMILES string of the molecule is CC(C)(C)c1ccc(S(=O)(=O)CCNC(=O)[C@H]2C[C@H]2C(=O)O)cc1. The normalized spacial score (nSPS) is 20.5. The Bertz CT molecular complexity index is 731. The number of nitrogens with one attached hydrogen (secondary N) is 1. The van der Waals surface area contributed by atoms with Crippen molar-refractivity contribution in [2.45, 2.75) is 37.5 Å². The lowest BCUT2D eigenvalue weighted by Gasteiger charge is -2.19. The third kappa shape index (κ3) is 4.35. The first-order valence-corrected chi connectivity index (χ1v) is 9.51. The van der Waals surface area contributed by atoms with Gasteiger partial charge in [-0.2, -0.15) is 0 Å². The van der Waals surface area contributed by atoms with Crippen LogP contribution in [0, 0.1) is 11.8 Å². The molecule has 1 aromatic rings.